The number of carboxylic acids is 1. The zero-order valence-electron chi connectivity index (χ0n) is 10.7. The summed E-state index contributed by atoms with van der Waals surface area (Å²) in [5, 5.41) is 20.8. The monoisotopic (exact) mass is 251 g/mol. The van der Waals surface area contributed by atoms with Gasteiger partial charge in [0.25, 0.3) is 5.91 Å². The fourth-order valence-corrected chi connectivity index (χ4v) is 1.28. The van der Waals surface area contributed by atoms with E-state index in [-0.39, 0.29) is 18.2 Å². The minimum absolute atomic E-state index is 0.0427. The third kappa shape index (κ3) is 3.23. The van der Waals surface area contributed by atoms with Crippen molar-refractivity contribution in [3.8, 4) is 5.75 Å². The highest BCUT2D eigenvalue weighted by atomic mass is 16.4. The molecular weight excluding hydrogens is 234 g/mol. The van der Waals surface area contributed by atoms with Crippen LogP contribution < -0.4 is 5.32 Å². The molecule has 0 aliphatic carbocycles. The van der Waals surface area contributed by atoms with E-state index < -0.39 is 11.4 Å². The molecule has 0 radical (unpaired) electrons. The summed E-state index contributed by atoms with van der Waals surface area (Å²) in [4.78, 5) is 22.7. The summed E-state index contributed by atoms with van der Waals surface area (Å²) in [6.07, 6.45) is 0. The SMILES string of the molecule is Cc1cc(C(=O)NCC(C)(C)C(=O)O)ccc1O. The molecule has 0 aliphatic rings. The molecule has 0 aromatic heterocycles. The number of hydrogen-bond acceptors (Lipinski definition) is 3. The Morgan fingerprint density at radius 3 is 2.44 bits per heavy atom. The molecule has 0 unspecified atom stereocenters. The zero-order valence-corrected chi connectivity index (χ0v) is 10.7. The van der Waals surface area contributed by atoms with Crippen LogP contribution in [0.5, 0.6) is 5.75 Å². The number of aliphatic carboxylic acids is 1. The van der Waals surface area contributed by atoms with Crippen molar-refractivity contribution in [2.45, 2.75) is 20.8 Å². The summed E-state index contributed by atoms with van der Waals surface area (Å²) < 4.78 is 0. The summed E-state index contributed by atoms with van der Waals surface area (Å²) in [6, 6.07) is 4.48. The number of carbonyl (C=O) groups excluding carboxylic acids is 1. The van der Waals surface area contributed by atoms with Gasteiger partial charge in [0.15, 0.2) is 0 Å². The van der Waals surface area contributed by atoms with Gasteiger partial charge in [-0.2, -0.15) is 0 Å². The number of aromatic hydroxyl groups is 1. The van der Waals surface area contributed by atoms with Gasteiger partial charge < -0.3 is 15.5 Å². The van der Waals surface area contributed by atoms with Gasteiger partial charge in [0.1, 0.15) is 5.75 Å². The summed E-state index contributed by atoms with van der Waals surface area (Å²) in [5.74, 6) is -1.20. The second kappa shape index (κ2) is 5.08. The average Bonchev–Trinajstić information content (AvgIpc) is 2.29. The molecule has 0 saturated heterocycles. The summed E-state index contributed by atoms with van der Waals surface area (Å²) in [5.41, 5.74) is -0.0200. The van der Waals surface area contributed by atoms with E-state index in [1.807, 2.05) is 0 Å². The Hall–Kier alpha value is -2.04. The molecule has 0 bridgehead atoms. The van der Waals surface area contributed by atoms with Crippen molar-refractivity contribution in [1.29, 1.82) is 0 Å². The summed E-state index contributed by atoms with van der Waals surface area (Å²) >= 11 is 0. The minimum Gasteiger partial charge on any atom is -0.508 e. The number of phenols is 1. The fraction of sp³-hybridized carbons (Fsp3) is 0.385. The Morgan fingerprint density at radius 2 is 1.94 bits per heavy atom. The Bertz CT molecular complexity index is 480. The highest BCUT2D eigenvalue weighted by Crippen LogP contribution is 2.17. The van der Waals surface area contributed by atoms with Gasteiger partial charge in [0, 0.05) is 12.1 Å². The van der Waals surface area contributed by atoms with Crippen LogP contribution >= 0.6 is 0 Å². The Balaban J connectivity index is 2.72. The van der Waals surface area contributed by atoms with Crippen LogP contribution in [-0.2, 0) is 4.79 Å². The Kier molecular flexibility index (Phi) is 3.96. The number of aryl methyl sites for hydroxylation is 1. The van der Waals surface area contributed by atoms with Crippen LogP contribution in [0.4, 0.5) is 0 Å². The predicted molar refractivity (Wildman–Crippen MR) is 66.6 cm³/mol. The third-order valence-electron chi connectivity index (χ3n) is 2.73. The number of hydrogen-bond donors (Lipinski definition) is 3. The van der Waals surface area contributed by atoms with E-state index in [9.17, 15) is 14.7 Å². The maximum absolute atomic E-state index is 11.8. The first-order chi connectivity index (χ1) is 8.24. The number of benzene rings is 1. The molecule has 5 heteroatoms. The van der Waals surface area contributed by atoms with Gasteiger partial charge in [-0.1, -0.05) is 0 Å². The molecule has 1 aromatic rings. The van der Waals surface area contributed by atoms with Crippen molar-refractivity contribution in [2.75, 3.05) is 6.54 Å². The van der Waals surface area contributed by atoms with Gasteiger partial charge in [-0.25, -0.2) is 0 Å². The second-order valence-electron chi connectivity index (χ2n) is 4.87. The van der Waals surface area contributed by atoms with E-state index in [0.717, 1.165) is 0 Å². The zero-order chi connectivity index (χ0) is 13.9. The van der Waals surface area contributed by atoms with Gasteiger partial charge in [-0.15, -0.1) is 0 Å². The maximum Gasteiger partial charge on any atom is 0.310 e. The first-order valence-corrected chi connectivity index (χ1v) is 5.55. The molecule has 0 atom stereocenters. The molecular formula is C13H17NO4. The van der Waals surface area contributed by atoms with Crippen LogP contribution in [0, 0.1) is 12.3 Å². The van der Waals surface area contributed by atoms with Crippen LogP contribution in [0.25, 0.3) is 0 Å². The van der Waals surface area contributed by atoms with Crippen molar-refractivity contribution in [2.24, 2.45) is 5.41 Å². The van der Waals surface area contributed by atoms with Gasteiger partial charge >= 0.3 is 5.97 Å². The smallest absolute Gasteiger partial charge is 0.310 e. The summed E-state index contributed by atoms with van der Waals surface area (Å²) in [7, 11) is 0. The molecule has 1 amide bonds. The Labute approximate surface area is 105 Å². The lowest BCUT2D eigenvalue weighted by atomic mass is 9.94. The molecule has 0 spiro atoms. The first-order valence-electron chi connectivity index (χ1n) is 5.55. The van der Waals surface area contributed by atoms with Gasteiger partial charge in [0.2, 0.25) is 0 Å². The van der Waals surface area contributed by atoms with Crippen molar-refractivity contribution < 1.29 is 19.8 Å². The summed E-state index contributed by atoms with van der Waals surface area (Å²) in [6.45, 7) is 4.81. The van der Waals surface area contributed by atoms with Crippen LogP contribution in [0.15, 0.2) is 18.2 Å². The lowest BCUT2D eigenvalue weighted by Gasteiger charge is -2.19. The topological polar surface area (TPSA) is 86.6 Å². The molecule has 5 nitrogen and oxygen atoms in total. The standard InChI is InChI=1S/C13H17NO4/c1-8-6-9(4-5-10(8)15)11(16)14-7-13(2,3)12(17)18/h4-6,15H,7H2,1-3H3,(H,14,16)(H,17,18). The number of nitrogens with one attached hydrogen (secondary N) is 1. The minimum atomic E-state index is -1.01. The molecule has 0 saturated carbocycles. The van der Waals surface area contributed by atoms with Crippen LogP contribution in [0.2, 0.25) is 0 Å². The number of carboxylic acid groups (broad SMARTS) is 1. The number of amides is 1. The highest BCUT2D eigenvalue weighted by molar-refractivity contribution is 5.94. The second-order valence-corrected chi connectivity index (χ2v) is 4.87. The number of carbonyl (C=O) groups is 2. The predicted octanol–water partition coefficient (Wildman–Crippen LogP) is 1.54. The molecule has 0 heterocycles. The molecule has 3 N–H and O–H groups in total. The van der Waals surface area contributed by atoms with Crippen molar-refractivity contribution in [3.05, 3.63) is 29.3 Å². The van der Waals surface area contributed by atoms with Crippen molar-refractivity contribution in [3.63, 3.8) is 0 Å². The highest BCUT2D eigenvalue weighted by Gasteiger charge is 2.27. The molecule has 18 heavy (non-hydrogen) atoms. The molecule has 0 aliphatic heterocycles. The first kappa shape index (κ1) is 14.0. The normalized spacial score (nSPS) is 11.1. The molecule has 1 aromatic carbocycles. The number of phenolic OH excluding ortho intramolecular Hbond substituents is 1. The van der Waals surface area contributed by atoms with Crippen LogP contribution in [0.1, 0.15) is 29.8 Å². The maximum atomic E-state index is 11.8. The Morgan fingerprint density at radius 1 is 1.33 bits per heavy atom. The van der Waals surface area contributed by atoms with Crippen molar-refractivity contribution in [1.82, 2.24) is 5.32 Å². The van der Waals surface area contributed by atoms with E-state index in [2.05, 4.69) is 5.32 Å². The fourth-order valence-electron chi connectivity index (χ4n) is 1.28. The van der Waals surface area contributed by atoms with E-state index in [1.165, 1.54) is 26.0 Å². The molecule has 0 fully saturated rings. The average molecular weight is 251 g/mol. The van der Waals surface area contributed by atoms with Crippen LogP contribution in [-0.4, -0.2) is 28.6 Å². The quantitative estimate of drug-likeness (QED) is 0.757. The number of rotatable bonds is 4. The molecule has 1 rings (SSSR count). The van der Waals surface area contributed by atoms with E-state index in [0.29, 0.717) is 11.1 Å². The van der Waals surface area contributed by atoms with Crippen LogP contribution in [0.3, 0.4) is 0 Å². The molecule has 98 valence electrons. The largest absolute Gasteiger partial charge is 0.508 e. The van der Waals surface area contributed by atoms with E-state index in [4.69, 9.17) is 5.11 Å². The van der Waals surface area contributed by atoms with Gasteiger partial charge in [0.05, 0.1) is 5.41 Å². The van der Waals surface area contributed by atoms with E-state index in [1.54, 1.807) is 13.0 Å². The third-order valence-corrected chi connectivity index (χ3v) is 2.73. The van der Waals surface area contributed by atoms with Gasteiger partial charge in [-0.3, -0.25) is 9.59 Å². The lowest BCUT2D eigenvalue weighted by Crippen LogP contribution is -2.38. The van der Waals surface area contributed by atoms with E-state index >= 15 is 0 Å². The lowest BCUT2D eigenvalue weighted by molar-refractivity contribution is -0.146. The van der Waals surface area contributed by atoms with Gasteiger partial charge in [-0.05, 0) is 44.5 Å². The van der Waals surface area contributed by atoms with Crippen molar-refractivity contribution >= 4 is 11.9 Å².